The average molecular weight is 304 g/mol. The first-order valence-electron chi connectivity index (χ1n) is 6.21. The number of benzene rings is 1. The molecule has 0 spiro atoms. The van der Waals surface area contributed by atoms with Crippen LogP contribution in [0.15, 0.2) is 36.5 Å². The van der Waals surface area contributed by atoms with Crippen molar-refractivity contribution in [2.45, 2.75) is 6.54 Å². The molecule has 0 unspecified atom stereocenters. The zero-order valence-electron chi connectivity index (χ0n) is 11.4. The molecule has 0 saturated heterocycles. The number of esters is 1. The van der Waals surface area contributed by atoms with E-state index in [1.165, 1.54) is 13.3 Å². The number of anilines is 1. The van der Waals surface area contributed by atoms with Crippen molar-refractivity contribution < 1.29 is 9.53 Å². The highest BCUT2D eigenvalue weighted by molar-refractivity contribution is 6.31. The Morgan fingerprint density at radius 1 is 1.43 bits per heavy atom. The number of ether oxygens (including phenoxy) is 1. The molecule has 6 heteroatoms. The van der Waals surface area contributed by atoms with Crippen molar-refractivity contribution in [3.63, 3.8) is 0 Å². The fourth-order valence-electron chi connectivity index (χ4n) is 1.82. The maximum Gasteiger partial charge on any atom is 0.337 e. The number of hydrogen-bond donors (Lipinski definition) is 2. The number of pyridine rings is 1. The largest absolute Gasteiger partial charge is 0.465 e. The summed E-state index contributed by atoms with van der Waals surface area (Å²) >= 11 is 5.89. The quantitative estimate of drug-likeness (QED) is 0.657. The Morgan fingerprint density at radius 2 is 2.24 bits per heavy atom. The number of methoxy groups -OCH3 is 1. The molecule has 2 aromatic rings. The predicted octanol–water partition coefficient (Wildman–Crippen LogP) is 3.13. The second-order valence-electron chi connectivity index (χ2n) is 4.26. The summed E-state index contributed by atoms with van der Waals surface area (Å²) in [6.45, 7) is 0.424. The first kappa shape index (κ1) is 15.0. The van der Waals surface area contributed by atoms with Gasteiger partial charge in [0.05, 0.1) is 24.9 Å². The number of nitrogens with one attached hydrogen (secondary N) is 2. The fourth-order valence-corrected chi connectivity index (χ4v) is 2.00. The molecule has 1 heterocycles. The Kier molecular flexibility index (Phi) is 4.90. The topological polar surface area (TPSA) is 75.1 Å². The number of halogens is 1. The van der Waals surface area contributed by atoms with Crippen LogP contribution in [0.3, 0.4) is 0 Å². The zero-order chi connectivity index (χ0) is 15.2. The fraction of sp³-hybridized carbons (Fsp3) is 0.133. The molecule has 2 rings (SSSR count). The summed E-state index contributed by atoms with van der Waals surface area (Å²) in [6.07, 6.45) is 2.79. The van der Waals surface area contributed by atoms with Gasteiger partial charge in [-0.05, 0) is 30.3 Å². The van der Waals surface area contributed by atoms with E-state index < -0.39 is 5.97 Å². The van der Waals surface area contributed by atoms with Gasteiger partial charge in [-0.1, -0.05) is 11.6 Å². The van der Waals surface area contributed by atoms with Crippen LogP contribution in [0.25, 0.3) is 0 Å². The summed E-state index contributed by atoms with van der Waals surface area (Å²) in [5.74, 6) is -0.398. The van der Waals surface area contributed by atoms with E-state index >= 15 is 0 Å². The van der Waals surface area contributed by atoms with Gasteiger partial charge in [-0.15, -0.1) is 0 Å². The summed E-state index contributed by atoms with van der Waals surface area (Å²) in [7, 11) is 1.34. The minimum Gasteiger partial charge on any atom is -0.465 e. The van der Waals surface area contributed by atoms with Crippen LogP contribution in [-0.4, -0.2) is 24.3 Å². The third-order valence-corrected chi connectivity index (χ3v) is 3.10. The van der Waals surface area contributed by atoms with Crippen LogP contribution in [0.2, 0.25) is 5.02 Å². The van der Waals surface area contributed by atoms with Crippen molar-refractivity contribution in [2.75, 3.05) is 12.4 Å². The van der Waals surface area contributed by atoms with E-state index in [1.54, 1.807) is 36.5 Å². The maximum absolute atomic E-state index is 11.5. The van der Waals surface area contributed by atoms with Crippen LogP contribution in [-0.2, 0) is 11.3 Å². The van der Waals surface area contributed by atoms with Gasteiger partial charge in [-0.3, -0.25) is 4.98 Å². The zero-order valence-corrected chi connectivity index (χ0v) is 12.1. The van der Waals surface area contributed by atoms with Gasteiger partial charge in [0.25, 0.3) is 0 Å². The number of rotatable bonds is 5. The molecule has 0 fully saturated rings. The van der Waals surface area contributed by atoms with Crippen LogP contribution in [0, 0.1) is 5.41 Å². The molecule has 0 aliphatic rings. The molecular weight excluding hydrogens is 290 g/mol. The molecule has 0 saturated carbocycles. The monoisotopic (exact) mass is 303 g/mol. The normalized spacial score (nSPS) is 10.0. The van der Waals surface area contributed by atoms with Crippen molar-refractivity contribution >= 4 is 29.5 Å². The SMILES string of the molecule is COC(=O)c1ccnc(CNc2ccc(Cl)cc2C=N)c1. The van der Waals surface area contributed by atoms with Crippen LogP contribution in [0.5, 0.6) is 0 Å². The van der Waals surface area contributed by atoms with Crippen LogP contribution in [0.1, 0.15) is 21.6 Å². The predicted molar refractivity (Wildman–Crippen MR) is 82.2 cm³/mol. The van der Waals surface area contributed by atoms with E-state index in [9.17, 15) is 4.79 Å². The molecule has 0 amide bonds. The van der Waals surface area contributed by atoms with Gasteiger partial charge in [-0.25, -0.2) is 4.79 Å². The molecule has 1 aromatic carbocycles. The summed E-state index contributed by atoms with van der Waals surface area (Å²) in [5.41, 5.74) is 2.61. The smallest absolute Gasteiger partial charge is 0.337 e. The van der Waals surface area contributed by atoms with Gasteiger partial charge in [-0.2, -0.15) is 0 Å². The minimum atomic E-state index is -0.398. The Labute approximate surface area is 127 Å². The molecule has 1 aromatic heterocycles. The number of aromatic nitrogens is 1. The number of carbonyl (C=O) groups is 1. The van der Waals surface area contributed by atoms with Crippen LogP contribution in [0.4, 0.5) is 5.69 Å². The molecular formula is C15H14ClN3O2. The van der Waals surface area contributed by atoms with Crippen molar-refractivity contribution in [2.24, 2.45) is 0 Å². The summed E-state index contributed by atoms with van der Waals surface area (Å²) in [6, 6.07) is 8.51. The van der Waals surface area contributed by atoms with E-state index in [0.717, 1.165) is 5.69 Å². The van der Waals surface area contributed by atoms with Crippen molar-refractivity contribution in [3.8, 4) is 0 Å². The van der Waals surface area contributed by atoms with E-state index in [4.69, 9.17) is 17.0 Å². The van der Waals surface area contributed by atoms with Crippen molar-refractivity contribution in [1.82, 2.24) is 4.98 Å². The molecule has 0 aliphatic heterocycles. The Bertz CT molecular complexity index is 674. The lowest BCUT2D eigenvalue weighted by atomic mass is 10.2. The molecule has 0 bridgehead atoms. The second kappa shape index (κ2) is 6.85. The summed E-state index contributed by atoms with van der Waals surface area (Å²) in [4.78, 5) is 15.7. The Morgan fingerprint density at radius 3 is 2.95 bits per heavy atom. The van der Waals surface area contributed by atoms with Gasteiger partial charge in [0.1, 0.15) is 0 Å². The maximum atomic E-state index is 11.5. The molecule has 21 heavy (non-hydrogen) atoms. The second-order valence-corrected chi connectivity index (χ2v) is 4.69. The highest BCUT2D eigenvalue weighted by Gasteiger charge is 2.07. The van der Waals surface area contributed by atoms with Gasteiger partial charge in [0.2, 0.25) is 0 Å². The van der Waals surface area contributed by atoms with E-state index in [-0.39, 0.29) is 0 Å². The minimum absolute atomic E-state index is 0.398. The highest BCUT2D eigenvalue weighted by atomic mass is 35.5. The van der Waals surface area contributed by atoms with E-state index in [2.05, 4.69) is 15.0 Å². The molecule has 0 aliphatic carbocycles. The molecule has 108 valence electrons. The van der Waals surface area contributed by atoms with Gasteiger partial charge in [0.15, 0.2) is 0 Å². The van der Waals surface area contributed by atoms with Crippen molar-refractivity contribution in [1.29, 1.82) is 5.41 Å². The lowest BCUT2D eigenvalue weighted by Crippen LogP contribution is -2.07. The summed E-state index contributed by atoms with van der Waals surface area (Å²) in [5, 5.41) is 11.1. The van der Waals surface area contributed by atoms with Crippen LogP contribution < -0.4 is 5.32 Å². The van der Waals surface area contributed by atoms with Crippen LogP contribution >= 0.6 is 11.6 Å². The van der Waals surface area contributed by atoms with Gasteiger partial charge >= 0.3 is 5.97 Å². The van der Waals surface area contributed by atoms with Gasteiger partial charge in [0, 0.05) is 28.7 Å². The Hall–Kier alpha value is -2.40. The lowest BCUT2D eigenvalue weighted by Gasteiger charge is -2.10. The third kappa shape index (κ3) is 3.79. The lowest BCUT2D eigenvalue weighted by molar-refractivity contribution is 0.0600. The third-order valence-electron chi connectivity index (χ3n) is 2.87. The molecule has 2 N–H and O–H groups in total. The first-order chi connectivity index (χ1) is 10.1. The molecule has 0 atom stereocenters. The first-order valence-corrected chi connectivity index (χ1v) is 6.59. The average Bonchev–Trinajstić information content (AvgIpc) is 2.53. The number of carbonyl (C=O) groups excluding carboxylic acids is 1. The molecule has 0 radical (unpaired) electrons. The number of hydrogen-bond acceptors (Lipinski definition) is 5. The van der Waals surface area contributed by atoms with E-state index in [1.807, 2.05) is 0 Å². The van der Waals surface area contributed by atoms with Crippen molar-refractivity contribution in [3.05, 3.63) is 58.4 Å². The summed E-state index contributed by atoms with van der Waals surface area (Å²) < 4.78 is 4.67. The highest BCUT2D eigenvalue weighted by Crippen LogP contribution is 2.19. The molecule has 5 nitrogen and oxygen atoms in total. The Balaban J connectivity index is 2.13. The van der Waals surface area contributed by atoms with E-state index in [0.29, 0.717) is 28.4 Å². The van der Waals surface area contributed by atoms with Gasteiger partial charge < -0.3 is 15.5 Å². The number of nitrogens with zero attached hydrogens (tertiary/aromatic N) is 1. The standard InChI is InChI=1S/C15H14ClN3O2/c1-21-15(20)10-4-5-18-13(7-10)9-19-14-3-2-12(16)6-11(14)8-17/h2-8,17,19H,9H2,1H3.